The highest BCUT2D eigenvalue weighted by atomic mass is 32.1. The fourth-order valence-electron chi connectivity index (χ4n) is 4.87. The Balaban J connectivity index is 1.34. The van der Waals surface area contributed by atoms with Gasteiger partial charge < -0.3 is 20.0 Å². The van der Waals surface area contributed by atoms with Crippen LogP contribution in [0.3, 0.4) is 0 Å². The number of benzene rings is 2. The van der Waals surface area contributed by atoms with E-state index in [1.807, 2.05) is 12.1 Å². The molecule has 2 aromatic rings. The molecule has 1 fully saturated rings. The number of rotatable bonds is 5. The normalized spacial score (nSPS) is 20.5. The van der Waals surface area contributed by atoms with Gasteiger partial charge in [0.1, 0.15) is 0 Å². The number of hydrogen-bond acceptors (Lipinski definition) is 4. The summed E-state index contributed by atoms with van der Waals surface area (Å²) in [6.45, 7) is 7.78. The van der Waals surface area contributed by atoms with Crippen molar-refractivity contribution in [2.24, 2.45) is 0 Å². The van der Waals surface area contributed by atoms with Crippen LogP contribution in [0.15, 0.2) is 42.5 Å². The second kappa shape index (κ2) is 9.89. The fraction of sp³-hybridized carbons (Fsp3) is 0.462. The maximum atomic E-state index is 8.94. The van der Waals surface area contributed by atoms with E-state index in [1.165, 1.54) is 23.2 Å². The first kappa shape index (κ1) is 22.6. The van der Waals surface area contributed by atoms with E-state index in [1.54, 1.807) is 12.1 Å². The van der Waals surface area contributed by atoms with Crippen LogP contribution in [0.5, 0.6) is 0 Å². The lowest BCUT2D eigenvalue weighted by Crippen LogP contribution is -2.44. The largest absolute Gasteiger partial charge is 0.369 e. The molecule has 1 N–H and O–H groups in total. The maximum absolute atomic E-state index is 8.94. The van der Waals surface area contributed by atoms with Gasteiger partial charge in [0.05, 0.1) is 11.6 Å². The lowest BCUT2D eigenvalue weighted by atomic mass is 9.97. The van der Waals surface area contributed by atoms with Gasteiger partial charge in [-0.15, -0.1) is 0 Å². The molecule has 0 amide bonds. The van der Waals surface area contributed by atoms with Gasteiger partial charge in [0.2, 0.25) is 0 Å². The molecule has 2 aliphatic rings. The Morgan fingerprint density at radius 2 is 1.84 bits per heavy atom. The molecule has 1 aliphatic carbocycles. The van der Waals surface area contributed by atoms with Crippen LogP contribution in [0.1, 0.15) is 48.3 Å². The summed E-state index contributed by atoms with van der Waals surface area (Å²) in [5.74, 6) is 1.19. The zero-order chi connectivity index (χ0) is 22.7. The standard InChI is InChI=1S/C26H33N5S/c1-19-16-21(10-11-30(3)26(32)28-22-6-4-20(18-27)5-7-22)24-9-8-23(17-25(19)24)31-14-12-29(2)13-15-31/h4-9,17,19,21H,10-16H2,1-3H3,(H,28,32)/t19-,21-/m1/s1. The molecule has 1 heterocycles. The van der Waals surface area contributed by atoms with Gasteiger partial charge in [-0.05, 0) is 91.5 Å². The number of nitriles is 1. The number of hydrogen-bond donors (Lipinski definition) is 1. The molecule has 1 aliphatic heterocycles. The van der Waals surface area contributed by atoms with E-state index in [9.17, 15) is 0 Å². The van der Waals surface area contributed by atoms with Crippen molar-refractivity contribution in [3.8, 4) is 6.07 Å². The summed E-state index contributed by atoms with van der Waals surface area (Å²) >= 11 is 5.60. The zero-order valence-corrected chi connectivity index (χ0v) is 20.2. The van der Waals surface area contributed by atoms with E-state index in [0.717, 1.165) is 44.8 Å². The minimum absolute atomic E-state index is 0.585. The van der Waals surface area contributed by atoms with Gasteiger partial charge in [-0.1, -0.05) is 13.0 Å². The predicted octanol–water partition coefficient (Wildman–Crippen LogP) is 4.62. The van der Waals surface area contributed by atoms with Crippen molar-refractivity contribution in [3.05, 3.63) is 59.2 Å². The molecule has 168 valence electrons. The Kier molecular flexibility index (Phi) is 6.98. The van der Waals surface area contributed by atoms with E-state index in [4.69, 9.17) is 17.5 Å². The summed E-state index contributed by atoms with van der Waals surface area (Å²) < 4.78 is 0. The maximum Gasteiger partial charge on any atom is 0.173 e. The molecule has 4 rings (SSSR count). The average molecular weight is 448 g/mol. The van der Waals surface area contributed by atoms with Crippen LogP contribution in [0.2, 0.25) is 0 Å². The molecule has 0 radical (unpaired) electrons. The Bertz CT molecular complexity index is 988. The quantitative estimate of drug-likeness (QED) is 0.675. The van der Waals surface area contributed by atoms with Gasteiger partial charge >= 0.3 is 0 Å². The Morgan fingerprint density at radius 3 is 2.53 bits per heavy atom. The van der Waals surface area contributed by atoms with E-state index >= 15 is 0 Å². The number of anilines is 2. The Morgan fingerprint density at radius 1 is 1.12 bits per heavy atom. The van der Waals surface area contributed by atoms with Gasteiger partial charge in [-0.25, -0.2) is 0 Å². The lowest BCUT2D eigenvalue weighted by Gasteiger charge is -2.34. The molecule has 5 nitrogen and oxygen atoms in total. The van der Waals surface area contributed by atoms with Crippen LogP contribution < -0.4 is 10.2 Å². The van der Waals surface area contributed by atoms with Crippen molar-refractivity contribution in [2.75, 3.05) is 57.0 Å². The van der Waals surface area contributed by atoms with E-state index in [2.05, 4.69) is 65.3 Å². The molecular formula is C26H33N5S. The zero-order valence-electron chi connectivity index (χ0n) is 19.3. The van der Waals surface area contributed by atoms with Gasteiger partial charge in [0, 0.05) is 51.1 Å². The molecule has 2 atom stereocenters. The highest BCUT2D eigenvalue weighted by molar-refractivity contribution is 7.80. The molecule has 0 unspecified atom stereocenters. The summed E-state index contributed by atoms with van der Waals surface area (Å²) in [7, 11) is 4.25. The van der Waals surface area contributed by atoms with Crippen LogP contribution in [0, 0.1) is 11.3 Å². The van der Waals surface area contributed by atoms with Crippen LogP contribution in [0.4, 0.5) is 11.4 Å². The van der Waals surface area contributed by atoms with Gasteiger partial charge in [-0.2, -0.15) is 5.26 Å². The first-order chi connectivity index (χ1) is 15.4. The molecule has 0 aromatic heterocycles. The second-order valence-corrected chi connectivity index (χ2v) is 9.65. The number of fused-ring (bicyclic) bond motifs is 1. The molecule has 0 spiro atoms. The Hall–Kier alpha value is -2.62. The van der Waals surface area contributed by atoms with Gasteiger partial charge in [-0.3, -0.25) is 0 Å². The Labute approximate surface area is 197 Å². The third-order valence-corrected chi connectivity index (χ3v) is 7.39. The van der Waals surface area contributed by atoms with Crippen LogP contribution >= 0.6 is 12.2 Å². The van der Waals surface area contributed by atoms with Gasteiger partial charge in [0.15, 0.2) is 5.11 Å². The number of nitrogens with zero attached hydrogens (tertiary/aromatic N) is 4. The van der Waals surface area contributed by atoms with Gasteiger partial charge in [0.25, 0.3) is 0 Å². The molecule has 0 saturated carbocycles. The molecule has 1 saturated heterocycles. The van der Waals surface area contributed by atoms with Crippen molar-refractivity contribution in [1.82, 2.24) is 9.80 Å². The number of likely N-dealkylation sites (N-methyl/N-ethyl adjacent to an activating group) is 1. The molecule has 0 bridgehead atoms. The van der Waals surface area contributed by atoms with Crippen molar-refractivity contribution in [1.29, 1.82) is 5.26 Å². The first-order valence-electron chi connectivity index (χ1n) is 11.5. The molecule has 2 aromatic carbocycles. The molecule has 32 heavy (non-hydrogen) atoms. The summed E-state index contributed by atoms with van der Waals surface area (Å²) in [6.07, 6.45) is 2.31. The summed E-state index contributed by atoms with van der Waals surface area (Å²) in [5, 5.41) is 12.9. The molecular weight excluding hydrogens is 414 g/mol. The predicted molar refractivity (Wildman–Crippen MR) is 137 cm³/mol. The monoisotopic (exact) mass is 447 g/mol. The smallest absolute Gasteiger partial charge is 0.173 e. The minimum atomic E-state index is 0.585. The van der Waals surface area contributed by atoms with Crippen molar-refractivity contribution < 1.29 is 0 Å². The third-order valence-electron chi connectivity index (χ3n) is 6.97. The minimum Gasteiger partial charge on any atom is -0.369 e. The molecule has 6 heteroatoms. The van der Waals surface area contributed by atoms with E-state index in [0.29, 0.717) is 22.5 Å². The number of nitrogens with one attached hydrogen (secondary N) is 1. The number of piperazine rings is 1. The van der Waals surface area contributed by atoms with E-state index < -0.39 is 0 Å². The van der Waals surface area contributed by atoms with Crippen molar-refractivity contribution in [2.45, 2.75) is 31.6 Å². The highest BCUT2D eigenvalue weighted by Gasteiger charge is 2.29. The van der Waals surface area contributed by atoms with Crippen molar-refractivity contribution in [3.63, 3.8) is 0 Å². The summed E-state index contributed by atoms with van der Waals surface area (Å²) in [5.41, 5.74) is 6.01. The van der Waals surface area contributed by atoms with Crippen LogP contribution in [-0.2, 0) is 0 Å². The summed E-state index contributed by atoms with van der Waals surface area (Å²) in [4.78, 5) is 7.05. The second-order valence-electron chi connectivity index (χ2n) is 9.27. The van der Waals surface area contributed by atoms with Crippen LogP contribution in [-0.4, -0.2) is 61.7 Å². The van der Waals surface area contributed by atoms with E-state index in [-0.39, 0.29) is 0 Å². The highest BCUT2D eigenvalue weighted by Crippen LogP contribution is 2.44. The average Bonchev–Trinajstić information content (AvgIpc) is 3.13. The van der Waals surface area contributed by atoms with Crippen LogP contribution in [0.25, 0.3) is 0 Å². The number of thiocarbonyl (C=S) groups is 1. The SMILES string of the molecule is C[C@@H]1C[C@@H](CCN(C)C(=S)Nc2ccc(C#N)cc2)c2ccc(N3CCN(C)CC3)cc21. The topological polar surface area (TPSA) is 45.5 Å². The van der Waals surface area contributed by atoms with Crippen molar-refractivity contribution >= 4 is 28.7 Å². The third kappa shape index (κ3) is 5.06. The first-order valence-corrected chi connectivity index (χ1v) is 11.9. The lowest BCUT2D eigenvalue weighted by molar-refractivity contribution is 0.313. The fourth-order valence-corrected chi connectivity index (χ4v) is 5.08. The summed E-state index contributed by atoms with van der Waals surface area (Å²) in [6, 6.07) is 16.7.